The lowest BCUT2D eigenvalue weighted by Crippen LogP contribution is -2.48. The molecule has 3 rings (SSSR count). The Bertz CT molecular complexity index is 587. The molecule has 2 aliphatic carbocycles. The van der Waals surface area contributed by atoms with Crippen molar-refractivity contribution in [3.8, 4) is 0 Å². The van der Waals surface area contributed by atoms with Crippen molar-refractivity contribution in [2.45, 2.75) is 102 Å². The third kappa shape index (κ3) is 5.25. The second-order valence-electron chi connectivity index (χ2n) is 7.99. The number of hydrogen-bond donors (Lipinski definition) is 0. The van der Waals surface area contributed by atoms with Gasteiger partial charge in [0.2, 0.25) is 0 Å². The van der Waals surface area contributed by atoms with E-state index in [1.165, 1.54) is 51.4 Å². The Balaban J connectivity index is 1.52. The lowest BCUT2D eigenvalue weighted by molar-refractivity contribution is 0.0133. The summed E-state index contributed by atoms with van der Waals surface area (Å²) in [6.07, 6.45) is 14.4. The van der Waals surface area contributed by atoms with Crippen LogP contribution < -0.4 is 0 Å². The number of rotatable bonds is 8. The zero-order chi connectivity index (χ0) is 19.1. The molecule has 2 unspecified atom stereocenters. The molecule has 0 amide bonds. The topological polar surface area (TPSA) is 56.1 Å². The predicted molar refractivity (Wildman–Crippen MR) is 111 cm³/mol. The van der Waals surface area contributed by atoms with E-state index in [9.17, 15) is 0 Å². The molecule has 6 nitrogen and oxygen atoms in total. The molecule has 0 radical (unpaired) electrons. The van der Waals surface area contributed by atoms with Crippen LogP contribution in [0.2, 0.25) is 0 Å². The first-order chi connectivity index (χ1) is 13.2. The Labute approximate surface area is 169 Å². The van der Waals surface area contributed by atoms with E-state index in [0.29, 0.717) is 18.2 Å². The highest BCUT2D eigenvalue weighted by Gasteiger charge is 2.30. The first-order valence-electron chi connectivity index (χ1n) is 10.8. The summed E-state index contributed by atoms with van der Waals surface area (Å²) >= 11 is 5.82. The van der Waals surface area contributed by atoms with E-state index in [4.69, 9.17) is 17.0 Å². The normalized spacial score (nSPS) is 24.1. The minimum absolute atomic E-state index is 0.315. The van der Waals surface area contributed by atoms with Crippen molar-refractivity contribution in [2.24, 2.45) is 0 Å². The average Bonchev–Trinajstić information content (AvgIpc) is 3.18. The number of thiocarbonyl (C=S) groups is 1. The molecule has 7 heteroatoms. The quantitative estimate of drug-likeness (QED) is 0.620. The van der Waals surface area contributed by atoms with Gasteiger partial charge in [0.1, 0.15) is 0 Å². The van der Waals surface area contributed by atoms with Crippen molar-refractivity contribution in [1.82, 2.24) is 25.1 Å². The largest absolute Gasteiger partial charge is 0.379 e. The molecule has 1 heterocycles. The summed E-state index contributed by atoms with van der Waals surface area (Å²) < 4.78 is 7.84. The van der Waals surface area contributed by atoms with Crippen molar-refractivity contribution in [1.29, 1.82) is 0 Å². The summed E-state index contributed by atoms with van der Waals surface area (Å²) in [6, 6.07) is 0.932. The molecule has 0 aromatic carbocycles. The summed E-state index contributed by atoms with van der Waals surface area (Å²) in [5, 5.41) is 12.5. The number of methoxy groups -OCH3 is 1. The van der Waals surface area contributed by atoms with Crippen molar-refractivity contribution < 1.29 is 4.74 Å². The van der Waals surface area contributed by atoms with Crippen molar-refractivity contribution in [3.05, 3.63) is 5.82 Å². The second kappa shape index (κ2) is 10.5. The van der Waals surface area contributed by atoms with Crippen LogP contribution in [0.25, 0.3) is 0 Å². The van der Waals surface area contributed by atoms with Gasteiger partial charge in [0, 0.05) is 20.1 Å². The van der Waals surface area contributed by atoms with Crippen LogP contribution in [-0.4, -0.2) is 55.9 Å². The highest BCUT2D eigenvalue weighted by atomic mass is 32.1. The van der Waals surface area contributed by atoms with Crippen molar-refractivity contribution in [2.75, 3.05) is 13.7 Å². The Kier molecular flexibility index (Phi) is 8.00. The molecule has 2 atom stereocenters. The van der Waals surface area contributed by atoms with E-state index in [1.807, 2.05) is 7.11 Å². The maximum atomic E-state index is 5.82. The van der Waals surface area contributed by atoms with Gasteiger partial charge >= 0.3 is 0 Å². The van der Waals surface area contributed by atoms with E-state index < -0.39 is 0 Å². The van der Waals surface area contributed by atoms with Crippen LogP contribution >= 0.6 is 12.2 Å². The highest BCUT2D eigenvalue weighted by molar-refractivity contribution is 7.80. The third-order valence-electron chi connectivity index (χ3n) is 6.30. The van der Waals surface area contributed by atoms with E-state index in [2.05, 4.69) is 32.0 Å². The molecule has 0 spiro atoms. The standard InChI is InChI=1S/C20H35N5OS/c1-3-24(17-12-7-8-13-18(17)26-2)20(27)15-9-14-19-21-22-23-25(19)16-10-5-4-6-11-16/h16-18H,3-15H2,1-2H3. The van der Waals surface area contributed by atoms with Gasteiger partial charge in [0.05, 0.1) is 23.2 Å². The minimum Gasteiger partial charge on any atom is -0.379 e. The van der Waals surface area contributed by atoms with Crippen LogP contribution in [0.5, 0.6) is 0 Å². The van der Waals surface area contributed by atoms with Crippen molar-refractivity contribution in [3.63, 3.8) is 0 Å². The Morgan fingerprint density at radius 3 is 2.63 bits per heavy atom. The predicted octanol–water partition coefficient (Wildman–Crippen LogP) is 4.11. The number of aromatic nitrogens is 4. The fraction of sp³-hybridized carbons (Fsp3) is 0.900. The number of aryl methyl sites for hydroxylation is 1. The van der Waals surface area contributed by atoms with E-state index in [0.717, 1.165) is 43.0 Å². The smallest absolute Gasteiger partial charge is 0.151 e. The van der Waals surface area contributed by atoms with E-state index >= 15 is 0 Å². The lowest BCUT2D eigenvalue weighted by Gasteiger charge is -2.40. The van der Waals surface area contributed by atoms with Crippen LogP contribution in [0.3, 0.4) is 0 Å². The zero-order valence-electron chi connectivity index (χ0n) is 17.0. The van der Waals surface area contributed by atoms with Gasteiger partial charge in [-0.1, -0.05) is 44.3 Å². The van der Waals surface area contributed by atoms with Gasteiger partial charge in [-0.05, 0) is 55.9 Å². The Morgan fingerprint density at radius 1 is 1.15 bits per heavy atom. The van der Waals surface area contributed by atoms with Gasteiger partial charge in [-0.2, -0.15) is 0 Å². The molecule has 2 aliphatic rings. The monoisotopic (exact) mass is 393 g/mol. The number of likely N-dealkylation sites (N-methyl/N-ethyl adjacent to an activating group) is 1. The molecule has 27 heavy (non-hydrogen) atoms. The summed E-state index contributed by atoms with van der Waals surface area (Å²) in [7, 11) is 1.84. The molecule has 152 valence electrons. The molecule has 0 saturated heterocycles. The fourth-order valence-corrected chi connectivity index (χ4v) is 5.24. The molecular formula is C20H35N5OS. The SMILES string of the molecule is CCN(C(=S)CCCc1nnnn1C1CCCCC1)C1CCCCC1OC. The molecule has 2 fully saturated rings. The van der Waals surface area contributed by atoms with Gasteiger partial charge in [-0.15, -0.1) is 5.10 Å². The number of hydrogen-bond acceptors (Lipinski definition) is 5. The summed E-state index contributed by atoms with van der Waals surface area (Å²) in [5.41, 5.74) is 0. The minimum atomic E-state index is 0.315. The molecular weight excluding hydrogens is 358 g/mol. The maximum absolute atomic E-state index is 5.82. The summed E-state index contributed by atoms with van der Waals surface area (Å²) in [5.74, 6) is 1.03. The fourth-order valence-electron chi connectivity index (χ4n) is 4.83. The van der Waals surface area contributed by atoms with Gasteiger partial charge in [-0.3, -0.25) is 0 Å². The Morgan fingerprint density at radius 2 is 1.89 bits per heavy atom. The molecule has 0 bridgehead atoms. The van der Waals surface area contributed by atoms with Crippen LogP contribution in [-0.2, 0) is 11.2 Å². The number of ether oxygens (including phenoxy) is 1. The van der Waals surface area contributed by atoms with Crippen LogP contribution in [0, 0.1) is 0 Å². The molecule has 1 aromatic rings. The molecule has 0 N–H and O–H groups in total. The third-order valence-corrected chi connectivity index (χ3v) is 6.74. The van der Waals surface area contributed by atoms with Gasteiger partial charge in [-0.25, -0.2) is 4.68 Å². The first-order valence-corrected chi connectivity index (χ1v) is 11.2. The number of nitrogens with zero attached hydrogens (tertiary/aromatic N) is 5. The highest BCUT2D eigenvalue weighted by Crippen LogP contribution is 2.29. The number of tetrazole rings is 1. The molecule has 1 aromatic heterocycles. The molecule has 2 saturated carbocycles. The summed E-state index contributed by atoms with van der Waals surface area (Å²) in [4.78, 5) is 3.48. The average molecular weight is 394 g/mol. The van der Waals surface area contributed by atoms with Gasteiger partial charge in [0.25, 0.3) is 0 Å². The van der Waals surface area contributed by atoms with Gasteiger partial charge < -0.3 is 9.64 Å². The van der Waals surface area contributed by atoms with Crippen molar-refractivity contribution >= 4 is 17.2 Å². The van der Waals surface area contributed by atoms with Crippen LogP contribution in [0.4, 0.5) is 0 Å². The van der Waals surface area contributed by atoms with Gasteiger partial charge in [0.15, 0.2) is 5.82 Å². The molecule has 0 aliphatic heterocycles. The Hall–Kier alpha value is -1.08. The second-order valence-corrected chi connectivity index (χ2v) is 8.46. The van der Waals surface area contributed by atoms with E-state index in [1.54, 1.807) is 0 Å². The lowest BCUT2D eigenvalue weighted by atomic mass is 9.91. The van der Waals surface area contributed by atoms with Crippen LogP contribution in [0.15, 0.2) is 0 Å². The zero-order valence-corrected chi connectivity index (χ0v) is 17.8. The summed E-state index contributed by atoms with van der Waals surface area (Å²) in [6.45, 7) is 3.17. The van der Waals surface area contributed by atoms with E-state index in [-0.39, 0.29) is 0 Å². The first kappa shape index (κ1) is 20.6. The maximum Gasteiger partial charge on any atom is 0.151 e. The van der Waals surface area contributed by atoms with Crippen LogP contribution in [0.1, 0.15) is 89.4 Å².